The summed E-state index contributed by atoms with van der Waals surface area (Å²) in [5, 5.41) is 2.68. The number of carbonyl (C=O) groups is 3. The van der Waals surface area contributed by atoms with E-state index in [1.54, 1.807) is 18.2 Å². The Kier molecular flexibility index (Phi) is 8.71. The van der Waals surface area contributed by atoms with E-state index in [9.17, 15) is 27.6 Å². The molecule has 0 saturated heterocycles. The molecule has 0 spiro atoms. The average molecular weight is 500 g/mol. The molecule has 2 aromatic heterocycles. The second kappa shape index (κ2) is 11.9. The van der Waals surface area contributed by atoms with Gasteiger partial charge >= 0.3 is 5.97 Å². The van der Waals surface area contributed by atoms with E-state index in [2.05, 4.69) is 15.3 Å². The Hall–Kier alpha value is -4.28. The summed E-state index contributed by atoms with van der Waals surface area (Å²) in [6.07, 6.45) is 0.139. The Bertz CT molecular complexity index is 1250. The molecule has 1 N–H and O–H groups in total. The summed E-state index contributed by atoms with van der Waals surface area (Å²) in [7, 11) is 1.14. The molecular formula is C25H23F3N4O4. The number of carbonyl (C=O) groups excluding carboxylic acids is 3. The van der Waals surface area contributed by atoms with E-state index in [1.165, 1.54) is 36.7 Å². The van der Waals surface area contributed by atoms with Crippen molar-refractivity contribution < 1.29 is 32.3 Å². The number of halogens is 3. The summed E-state index contributed by atoms with van der Waals surface area (Å²) in [6, 6.07) is 10.5. The van der Waals surface area contributed by atoms with Crippen LogP contribution in [0.5, 0.6) is 0 Å². The molecule has 0 fully saturated rings. The van der Waals surface area contributed by atoms with Crippen molar-refractivity contribution in [1.29, 1.82) is 0 Å². The Morgan fingerprint density at radius 2 is 1.89 bits per heavy atom. The molecule has 0 aliphatic rings. The molecule has 0 atom stereocenters. The number of anilines is 1. The van der Waals surface area contributed by atoms with Gasteiger partial charge in [-0.05, 0) is 36.8 Å². The monoisotopic (exact) mass is 500 g/mol. The molecule has 0 unspecified atom stereocenters. The number of pyridine rings is 2. The first-order chi connectivity index (χ1) is 17.2. The molecule has 2 heterocycles. The SMILES string of the molecule is COC(=O)c1cc(-c2ccc(C(=O)NCCc3cccnc3F)cn2)ccc1N(CC(F)F)C(C)=O. The maximum absolute atomic E-state index is 13.6. The second-order valence-corrected chi connectivity index (χ2v) is 7.64. The lowest BCUT2D eigenvalue weighted by Crippen LogP contribution is -2.34. The number of aromatic nitrogens is 2. The zero-order valence-corrected chi connectivity index (χ0v) is 19.5. The number of hydrogen-bond acceptors (Lipinski definition) is 6. The molecule has 36 heavy (non-hydrogen) atoms. The van der Waals surface area contributed by atoms with E-state index in [0.29, 0.717) is 16.8 Å². The number of nitrogens with zero attached hydrogens (tertiary/aromatic N) is 3. The minimum absolute atomic E-state index is 0.0144. The lowest BCUT2D eigenvalue weighted by molar-refractivity contribution is -0.117. The van der Waals surface area contributed by atoms with Crippen LogP contribution in [-0.4, -0.2) is 54.4 Å². The highest BCUT2D eigenvalue weighted by Gasteiger charge is 2.24. The Balaban J connectivity index is 1.77. The van der Waals surface area contributed by atoms with Crippen LogP contribution in [0, 0.1) is 5.95 Å². The third-order valence-electron chi connectivity index (χ3n) is 5.23. The van der Waals surface area contributed by atoms with Crippen molar-refractivity contribution in [1.82, 2.24) is 15.3 Å². The predicted octanol–water partition coefficient (Wildman–Crippen LogP) is 3.66. The van der Waals surface area contributed by atoms with Crippen molar-refractivity contribution >= 4 is 23.5 Å². The van der Waals surface area contributed by atoms with Gasteiger partial charge in [0.25, 0.3) is 12.3 Å². The van der Waals surface area contributed by atoms with Crippen LogP contribution < -0.4 is 10.2 Å². The molecule has 0 aliphatic carbocycles. The van der Waals surface area contributed by atoms with Gasteiger partial charge in [-0.15, -0.1) is 0 Å². The van der Waals surface area contributed by atoms with Crippen LogP contribution >= 0.6 is 0 Å². The number of methoxy groups -OCH3 is 1. The van der Waals surface area contributed by atoms with Gasteiger partial charge in [-0.2, -0.15) is 4.39 Å². The molecular weight excluding hydrogens is 477 g/mol. The number of alkyl halides is 2. The second-order valence-electron chi connectivity index (χ2n) is 7.64. The summed E-state index contributed by atoms with van der Waals surface area (Å²) in [6.45, 7) is 0.433. The standard InChI is InChI=1S/C25H23F3N4O4/c1-15(33)32(14-22(26)27)21-8-6-17(12-19(21)25(35)36-2)20-7-5-18(13-31-20)24(34)30-11-9-16-4-3-10-29-23(16)28/h3-8,10,12-13,22H,9,11,14H2,1-2H3,(H,30,34). The molecule has 3 rings (SSSR count). The lowest BCUT2D eigenvalue weighted by atomic mass is 10.0. The maximum Gasteiger partial charge on any atom is 0.340 e. The number of rotatable bonds is 9. The van der Waals surface area contributed by atoms with Gasteiger partial charge in [0, 0.05) is 37.0 Å². The van der Waals surface area contributed by atoms with Crippen LogP contribution in [0.1, 0.15) is 33.2 Å². The predicted molar refractivity (Wildman–Crippen MR) is 125 cm³/mol. The van der Waals surface area contributed by atoms with Crippen LogP contribution in [0.25, 0.3) is 11.3 Å². The fraction of sp³-hybridized carbons (Fsp3) is 0.240. The molecule has 1 aromatic carbocycles. The highest BCUT2D eigenvalue weighted by atomic mass is 19.3. The Labute approximate surface area is 205 Å². The van der Waals surface area contributed by atoms with Gasteiger partial charge in [0.2, 0.25) is 11.9 Å². The molecule has 0 saturated carbocycles. The lowest BCUT2D eigenvalue weighted by Gasteiger charge is -2.23. The van der Waals surface area contributed by atoms with Crippen LogP contribution in [0.3, 0.4) is 0 Å². The van der Waals surface area contributed by atoms with Crippen LogP contribution in [0.4, 0.5) is 18.9 Å². The normalized spacial score (nSPS) is 10.7. The number of amides is 2. The molecule has 8 nitrogen and oxygen atoms in total. The number of hydrogen-bond donors (Lipinski definition) is 1. The van der Waals surface area contributed by atoms with Crippen molar-refractivity contribution in [2.75, 3.05) is 25.1 Å². The van der Waals surface area contributed by atoms with Gasteiger partial charge in [-0.3, -0.25) is 14.6 Å². The van der Waals surface area contributed by atoms with E-state index in [0.717, 1.165) is 18.9 Å². The molecule has 0 bridgehead atoms. The molecule has 3 aromatic rings. The number of benzene rings is 1. The largest absolute Gasteiger partial charge is 0.465 e. The third kappa shape index (κ3) is 6.44. The quantitative estimate of drug-likeness (QED) is 0.356. The Morgan fingerprint density at radius 3 is 2.50 bits per heavy atom. The summed E-state index contributed by atoms with van der Waals surface area (Å²) in [5.74, 6) is -2.47. The summed E-state index contributed by atoms with van der Waals surface area (Å²) in [4.78, 5) is 45.3. The fourth-order valence-electron chi connectivity index (χ4n) is 3.46. The van der Waals surface area contributed by atoms with Gasteiger partial charge in [-0.1, -0.05) is 12.1 Å². The van der Waals surface area contributed by atoms with Gasteiger partial charge in [0.15, 0.2) is 0 Å². The van der Waals surface area contributed by atoms with Crippen LogP contribution in [0.15, 0.2) is 54.9 Å². The van der Waals surface area contributed by atoms with Gasteiger partial charge in [-0.25, -0.2) is 18.6 Å². The highest BCUT2D eigenvalue weighted by Crippen LogP contribution is 2.28. The van der Waals surface area contributed by atoms with Crippen LogP contribution in [-0.2, 0) is 16.0 Å². The average Bonchev–Trinajstić information content (AvgIpc) is 2.87. The van der Waals surface area contributed by atoms with Crippen molar-refractivity contribution in [2.24, 2.45) is 0 Å². The fourth-order valence-corrected chi connectivity index (χ4v) is 3.46. The smallest absolute Gasteiger partial charge is 0.340 e. The van der Waals surface area contributed by atoms with Gasteiger partial charge in [0.05, 0.1) is 36.2 Å². The van der Waals surface area contributed by atoms with E-state index in [-0.39, 0.29) is 29.8 Å². The first-order valence-electron chi connectivity index (χ1n) is 10.8. The summed E-state index contributed by atoms with van der Waals surface area (Å²) < 4.78 is 44.4. The molecule has 0 aliphatic heterocycles. The minimum Gasteiger partial charge on any atom is -0.465 e. The van der Waals surface area contributed by atoms with E-state index in [4.69, 9.17) is 4.74 Å². The molecule has 11 heteroatoms. The summed E-state index contributed by atoms with van der Waals surface area (Å²) in [5.41, 5.74) is 1.38. The topological polar surface area (TPSA) is 101 Å². The zero-order chi connectivity index (χ0) is 26.2. The van der Waals surface area contributed by atoms with Gasteiger partial charge in [0.1, 0.15) is 0 Å². The van der Waals surface area contributed by atoms with Crippen LogP contribution in [0.2, 0.25) is 0 Å². The van der Waals surface area contributed by atoms with Crippen molar-refractivity contribution in [3.05, 3.63) is 77.5 Å². The van der Waals surface area contributed by atoms with Crippen molar-refractivity contribution in [2.45, 2.75) is 19.8 Å². The minimum atomic E-state index is -2.80. The first kappa shape index (κ1) is 26.3. The Morgan fingerprint density at radius 1 is 1.11 bits per heavy atom. The van der Waals surface area contributed by atoms with E-state index < -0.39 is 36.7 Å². The number of nitrogens with one attached hydrogen (secondary N) is 1. The van der Waals surface area contributed by atoms with E-state index >= 15 is 0 Å². The molecule has 2 amide bonds. The maximum atomic E-state index is 13.6. The van der Waals surface area contributed by atoms with Crippen molar-refractivity contribution in [3.63, 3.8) is 0 Å². The third-order valence-corrected chi connectivity index (χ3v) is 5.23. The van der Waals surface area contributed by atoms with E-state index in [1.807, 2.05) is 0 Å². The van der Waals surface area contributed by atoms with Gasteiger partial charge < -0.3 is 15.0 Å². The molecule has 0 radical (unpaired) electrons. The molecule has 188 valence electrons. The number of ether oxygens (including phenoxy) is 1. The van der Waals surface area contributed by atoms with Crippen molar-refractivity contribution in [3.8, 4) is 11.3 Å². The first-order valence-corrected chi connectivity index (χ1v) is 10.8. The highest BCUT2D eigenvalue weighted by molar-refractivity contribution is 6.03. The summed E-state index contributed by atoms with van der Waals surface area (Å²) >= 11 is 0. The number of esters is 1. The zero-order valence-electron chi connectivity index (χ0n) is 19.5.